The van der Waals surface area contributed by atoms with Gasteiger partial charge in [0.15, 0.2) is 5.84 Å². The molecule has 0 spiro atoms. The predicted octanol–water partition coefficient (Wildman–Crippen LogP) is 3.75. The van der Waals surface area contributed by atoms with Gasteiger partial charge in [0.05, 0.1) is 22.2 Å². The second kappa shape index (κ2) is 8.64. The average molecular weight is 469 g/mol. The highest BCUT2D eigenvalue weighted by molar-refractivity contribution is 7.92. The fraction of sp³-hybridized carbons (Fsp3) is 0.381. The monoisotopic (exact) mass is 468 g/mol. The Morgan fingerprint density at radius 3 is 2.48 bits per heavy atom. The van der Waals surface area contributed by atoms with Crippen molar-refractivity contribution in [2.75, 3.05) is 25.5 Å². The first-order chi connectivity index (χ1) is 14.4. The highest BCUT2D eigenvalue weighted by Gasteiger charge is 2.29. The van der Waals surface area contributed by atoms with Crippen molar-refractivity contribution in [3.05, 3.63) is 58.4 Å². The van der Waals surface area contributed by atoms with E-state index < -0.39 is 15.8 Å². The van der Waals surface area contributed by atoms with E-state index in [1.54, 1.807) is 31.2 Å². The highest BCUT2D eigenvalue weighted by Crippen LogP contribution is 2.30. The van der Waals surface area contributed by atoms with Crippen LogP contribution in [0.3, 0.4) is 0 Å². The number of sulfonamides is 1. The van der Waals surface area contributed by atoms with Crippen LogP contribution in [0, 0.1) is 5.82 Å². The number of likely N-dealkylation sites (N-methyl/N-ethyl adjacent to an activating group) is 1. The summed E-state index contributed by atoms with van der Waals surface area (Å²) in [6.07, 6.45) is -0.252. The molecule has 0 saturated carbocycles. The summed E-state index contributed by atoms with van der Waals surface area (Å²) in [7, 11) is -0.647. The summed E-state index contributed by atoms with van der Waals surface area (Å²) in [4.78, 5) is 1.84. The summed E-state index contributed by atoms with van der Waals surface area (Å²) in [5.41, 5.74) is 4.17. The molecule has 0 saturated heterocycles. The van der Waals surface area contributed by atoms with Crippen LogP contribution in [0.15, 0.2) is 46.4 Å². The van der Waals surface area contributed by atoms with Gasteiger partial charge < -0.3 is 9.64 Å². The van der Waals surface area contributed by atoms with Gasteiger partial charge in [-0.05, 0) is 29.2 Å². The molecule has 0 amide bonds. The minimum atomic E-state index is -3.98. The van der Waals surface area contributed by atoms with Gasteiger partial charge in [-0.3, -0.25) is 10.1 Å². The van der Waals surface area contributed by atoms with Gasteiger partial charge in [-0.2, -0.15) is 5.10 Å². The van der Waals surface area contributed by atoms with Crippen molar-refractivity contribution in [3.63, 3.8) is 0 Å². The maximum atomic E-state index is 14.2. The molecule has 1 atom stereocenters. The minimum absolute atomic E-state index is 0.0345. The Labute approximate surface area is 187 Å². The molecule has 1 aliphatic rings. The maximum Gasteiger partial charge on any atom is 0.261 e. The number of halogens is 2. The molecule has 2 N–H and O–H groups in total. The minimum Gasteiger partial charge on any atom is -0.381 e. The number of hydrogen-bond acceptors (Lipinski definition) is 6. The quantitative estimate of drug-likeness (QED) is 0.674. The first-order valence-corrected chi connectivity index (χ1v) is 11.5. The lowest BCUT2D eigenvalue weighted by Crippen LogP contribution is -2.40. The molecular weight excluding hydrogens is 443 g/mol. The van der Waals surface area contributed by atoms with E-state index in [1.165, 1.54) is 18.2 Å². The largest absolute Gasteiger partial charge is 0.381 e. The summed E-state index contributed by atoms with van der Waals surface area (Å²) in [6.45, 7) is 6.48. The molecule has 7 nitrogen and oxygen atoms in total. The zero-order chi connectivity index (χ0) is 23.0. The molecular formula is C21H26ClFN4O3S. The molecule has 0 radical (unpaired) electrons. The van der Waals surface area contributed by atoms with Crippen molar-refractivity contribution in [1.29, 1.82) is 0 Å². The summed E-state index contributed by atoms with van der Waals surface area (Å²) in [5, 5.41) is 4.12. The predicted molar refractivity (Wildman–Crippen MR) is 120 cm³/mol. The van der Waals surface area contributed by atoms with Crippen LogP contribution in [-0.4, -0.2) is 46.1 Å². The Balaban J connectivity index is 1.97. The van der Waals surface area contributed by atoms with E-state index in [-0.39, 0.29) is 27.2 Å². The zero-order valence-corrected chi connectivity index (χ0v) is 19.6. The first kappa shape index (κ1) is 23.3. The molecule has 31 heavy (non-hydrogen) atoms. The second-order valence-electron chi connectivity index (χ2n) is 8.34. The van der Waals surface area contributed by atoms with E-state index >= 15 is 0 Å². The molecule has 0 bridgehead atoms. The molecule has 0 aromatic heterocycles. The fourth-order valence-corrected chi connectivity index (χ4v) is 4.39. The van der Waals surface area contributed by atoms with Gasteiger partial charge in [-0.15, -0.1) is 0 Å². The zero-order valence-electron chi connectivity index (χ0n) is 18.0. The van der Waals surface area contributed by atoms with Gasteiger partial charge in [-0.25, -0.2) is 12.8 Å². The van der Waals surface area contributed by atoms with E-state index in [2.05, 4.69) is 15.2 Å². The summed E-state index contributed by atoms with van der Waals surface area (Å²) >= 11 is 5.99. The Bertz CT molecular complexity index is 1100. The Hall–Kier alpha value is -2.36. The average Bonchev–Trinajstić information content (AvgIpc) is 3.04. The standard InChI is InChI=1S/C21H26ClFN4O3S/c1-21(2,3)13-6-8-14(9-7-13)31(28,29)26-18-11-17(23)16(22)10-15(18)20-25-24-19(12-30-5)27(20)4/h6-11,19,24,26H,12H2,1-5H3. The summed E-state index contributed by atoms with van der Waals surface area (Å²) in [6, 6.07) is 9.01. The van der Waals surface area contributed by atoms with E-state index in [1.807, 2.05) is 20.8 Å². The van der Waals surface area contributed by atoms with E-state index in [0.717, 1.165) is 11.6 Å². The number of hydrogen-bond donors (Lipinski definition) is 2. The Kier molecular flexibility index (Phi) is 6.50. The number of nitrogens with one attached hydrogen (secondary N) is 2. The van der Waals surface area contributed by atoms with E-state index in [0.29, 0.717) is 18.0 Å². The number of benzene rings is 2. The Morgan fingerprint density at radius 2 is 1.90 bits per heavy atom. The number of hydrazone groups is 1. The van der Waals surface area contributed by atoms with Crippen LogP contribution in [0.4, 0.5) is 10.1 Å². The van der Waals surface area contributed by atoms with Gasteiger partial charge >= 0.3 is 0 Å². The first-order valence-electron chi connectivity index (χ1n) is 9.62. The van der Waals surface area contributed by atoms with E-state index in [4.69, 9.17) is 16.3 Å². The molecule has 1 unspecified atom stereocenters. The number of nitrogens with zero attached hydrogens (tertiary/aromatic N) is 2. The lowest BCUT2D eigenvalue weighted by atomic mass is 9.87. The van der Waals surface area contributed by atoms with Crippen molar-refractivity contribution in [3.8, 4) is 0 Å². The summed E-state index contributed by atoms with van der Waals surface area (Å²) < 4.78 is 47.9. The lowest BCUT2D eigenvalue weighted by molar-refractivity contribution is 0.131. The molecule has 0 fully saturated rings. The van der Waals surface area contributed by atoms with Crippen LogP contribution in [0.5, 0.6) is 0 Å². The molecule has 1 heterocycles. The molecule has 10 heteroatoms. The van der Waals surface area contributed by atoms with Crippen molar-refractivity contribution < 1.29 is 17.5 Å². The molecule has 2 aromatic carbocycles. The molecule has 1 aliphatic heterocycles. The van der Waals surface area contributed by atoms with Crippen LogP contribution in [-0.2, 0) is 20.2 Å². The lowest BCUT2D eigenvalue weighted by Gasteiger charge is -2.23. The normalized spacial score (nSPS) is 16.8. The van der Waals surface area contributed by atoms with Crippen LogP contribution >= 0.6 is 11.6 Å². The SMILES string of the molecule is COCC1NN=C(c2cc(Cl)c(F)cc2NS(=O)(=O)c2ccc(C(C)(C)C)cc2)N1C. The van der Waals surface area contributed by atoms with Crippen LogP contribution in [0.1, 0.15) is 31.9 Å². The van der Waals surface area contributed by atoms with Gasteiger partial charge in [0.25, 0.3) is 10.0 Å². The molecule has 2 aromatic rings. The van der Waals surface area contributed by atoms with E-state index in [9.17, 15) is 12.8 Å². The van der Waals surface area contributed by atoms with Crippen molar-refractivity contribution >= 4 is 33.1 Å². The molecule has 168 valence electrons. The highest BCUT2D eigenvalue weighted by atomic mass is 35.5. The third-order valence-corrected chi connectivity index (χ3v) is 6.69. The maximum absolute atomic E-state index is 14.2. The Morgan fingerprint density at radius 1 is 1.26 bits per heavy atom. The van der Waals surface area contributed by atoms with Gasteiger partial charge in [0.2, 0.25) is 0 Å². The smallest absolute Gasteiger partial charge is 0.261 e. The second-order valence-corrected chi connectivity index (χ2v) is 10.4. The third kappa shape index (κ3) is 4.94. The van der Waals surface area contributed by atoms with Crippen LogP contribution in [0.2, 0.25) is 5.02 Å². The fourth-order valence-electron chi connectivity index (χ4n) is 3.16. The van der Waals surface area contributed by atoms with Crippen molar-refractivity contribution in [2.24, 2.45) is 5.10 Å². The van der Waals surface area contributed by atoms with Crippen LogP contribution < -0.4 is 10.1 Å². The molecule has 0 aliphatic carbocycles. The van der Waals surface area contributed by atoms with Gasteiger partial charge in [0, 0.05) is 25.8 Å². The number of ether oxygens (including phenoxy) is 1. The number of anilines is 1. The topological polar surface area (TPSA) is 83.0 Å². The number of methoxy groups -OCH3 is 1. The third-order valence-electron chi connectivity index (χ3n) is 5.02. The number of rotatable bonds is 6. The summed E-state index contributed by atoms with van der Waals surface area (Å²) in [5.74, 6) is -0.335. The van der Waals surface area contributed by atoms with Crippen LogP contribution in [0.25, 0.3) is 0 Å². The van der Waals surface area contributed by atoms with Gasteiger partial charge in [-0.1, -0.05) is 44.5 Å². The van der Waals surface area contributed by atoms with Gasteiger partial charge in [0.1, 0.15) is 12.0 Å². The van der Waals surface area contributed by atoms with Crippen molar-refractivity contribution in [2.45, 2.75) is 37.2 Å². The molecule has 3 rings (SSSR count). The number of amidine groups is 1. The van der Waals surface area contributed by atoms with Crippen molar-refractivity contribution in [1.82, 2.24) is 10.3 Å².